The Morgan fingerprint density at radius 3 is 2.86 bits per heavy atom. The quantitative estimate of drug-likeness (QED) is 0.568. The average molecular weight is 486 g/mol. The Hall–Kier alpha value is -3.93. The minimum absolute atomic E-state index is 0.0690. The molecule has 5 heterocycles. The monoisotopic (exact) mass is 486 g/mol. The molecule has 0 saturated carbocycles. The summed E-state index contributed by atoms with van der Waals surface area (Å²) in [4.78, 5) is 29.2. The second-order valence-corrected chi connectivity index (χ2v) is 8.09. The van der Waals surface area contributed by atoms with E-state index in [2.05, 4.69) is 25.2 Å². The van der Waals surface area contributed by atoms with Crippen LogP contribution in [0.4, 0.5) is 35.3 Å². The van der Waals surface area contributed by atoms with Gasteiger partial charge in [0.2, 0.25) is 5.88 Å². The number of rotatable bonds is 5. The van der Waals surface area contributed by atoms with Crippen LogP contribution in [0.5, 0.6) is 5.88 Å². The van der Waals surface area contributed by atoms with Gasteiger partial charge in [0, 0.05) is 30.9 Å². The van der Waals surface area contributed by atoms with Gasteiger partial charge < -0.3 is 14.7 Å². The number of halogens is 3. The van der Waals surface area contributed by atoms with E-state index in [-0.39, 0.29) is 36.5 Å². The third-order valence-corrected chi connectivity index (χ3v) is 5.82. The molecule has 182 valence electrons. The normalized spacial score (nSPS) is 16.7. The summed E-state index contributed by atoms with van der Waals surface area (Å²) < 4.78 is 44.8. The molecule has 5 rings (SSSR count). The fourth-order valence-electron chi connectivity index (χ4n) is 4.26. The van der Waals surface area contributed by atoms with Crippen molar-refractivity contribution < 1.29 is 27.8 Å². The molecule has 1 fully saturated rings. The number of alkyl halides is 3. The summed E-state index contributed by atoms with van der Waals surface area (Å²) in [6, 6.07) is 10.1. The molecule has 1 saturated heterocycles. The van der Waals surface area contributed by atoms with E-state index < -0.39 is 17.9 Å². The van der Waals surface area contributed by atoms with Gasteiger partial charge in [-0.2, -0.15) is 18.2 Å². The molecule has 3 aromatic heterocycles. The molecular formula is C23H21F3N6O3. The average Bonchev–Trinajstić information content (AvgIpc) is 3.26. The summed E-state index contributed by atoms with van der Waals surface area (Å²) in [5.74, 6) is 0.876. The summed E-state index contributed by atoms with van der Waals surface area (Å²) in [5.41, 5.74) is 0.270. The van der Waals surface area contributed by atoms with Crippen molar-refractivity contribution in [2.24, 2.45) is 0 Å². The molecular weight excluding hydrogens is 465 g/mol. The van der Waals surface area contributed by atoms with Crippen molar-refractivity contribution >= 4 is 23.4 Å². The van der Waals surface area contributed by atoms with E-state index in [1.165, 1.54) is 11.0 Å². The van der Waals surface area contributed by atoms with Crippen molar-refractivity contribution in [1.29, 1.82) is 0 Å². The molecule has 0 aliphatic carbocycles. The molecule has 0 radical (unpaired) electrons. The number of amides is 2. The van der Waals surface area contributed by atoms with Crippen molar-refractivity contribution in [2.75, 3.05) is 41.4 Å². The van der Waals surface area contributed by atoms with Gasteiger partial charge >= 0.3 is 12.2 Å². The van der Waals surface area contributed by atoms with E-state index in [9.17, 15) is 18.0 Å². The Balaban J connectivity index is 1.47. The molecule has 9 nitrogen and oxygen atoms in total. The number of aromatic nitrogens is 3. The van der Waals surface area contributed by atoms with Crippen molar-refractivity contribution in [3.63, 3.8) is 0 Å². The number of nitrogens with zero attached hydrogens (tertiary/aromatic N) is 5. The standard InChI is InChI=1S/C23H21F3N6O3/c24-23(25,26)18-12-14(6-8-27-18)16-4-5-17-21(28-16)32(15-7-9-31(17)13-15)22(34)30-19-2-1-3-20(29-19)35-11-10-33/h1-6,8,12,15,33H,7,9-11,13H2,(H,29,30,34)/t15-/m0/s1. The summed E-state index contributed by atoms with van der Waals surface area (Å²) >= 11 is 0. The van der Waals surface area contributed by atoms with E-state index >= 15 is 0 Å². The Morgan fingerprint density at radius 2 is 2.06 bits per heavy atom. The molecule has 3 aromatic rings. The Morgan fingerprint density at radius 1 is 1.20 bits per heavy atom. The third-order valence-electron chi connectivity index (χ3n) is 5.82. The van der Waals surface area contributed by atoms with Gasteiger partial charge in [0.15, 0.2) is 5.82 Å². The summed E-state index contributed by atoms with van der Waals surface area (Å²) in [5, 5.41) is 11.7. The van der Waals surface area contributed by atoms with E-state index in [0.29, 0.717) is 18.1 Å². The van der Waals surface area contributed by atoms with Crippen LogP contribution in [0.3, 0.4) is 0 Å². The molecule has 2 aliphatic rings. The highest BCUT2D eigenvalue weighted by Gasteiger charge is 2.40. The van der Waals surface area contributed by atoms with Crippen LogP contribution in [-0.4, -0.2) is 58.4 Å². The number of pyridine rings is 3. The summed E-state index contributed by atoms with van der Waals surface area (Å²) in [6.07, 6.45) is -2.77. The molecule has 2 N–H and O–H groups in total. The number of carbonyl (C=O) groups excluding carboxylic acids is 1. The molecule has 0 unspecified atom stereocenters. The Bertz CT molecular complexity index is 1260. The lowest BCUT2D eigenvalue weighted by Crippen LogP contribution is -2.48. The highest BCUT2D eigenvalue weighted by Crippen LogP contribution is 2.40. The molecule has 0 aromatic carbocycles. The highest BCUT2D eigenvalue weighted by atomic mass is 19.4. The number of urea groups is 1. The van der Waals surface area contributed by atoms with Crippen LogP contribution >= 0.6 is 0 Å². The van der Waals surface area contributed by atoms with Crippen molar-refractivity contribution in [2.45, 2.75) is 18.6 Å². The van der Waals surface area contributed by atoms with Gasteiger partial charge in [-0.05, 0) is 36.8 Å². The number of nitrogens with one attached hydrogen (secondary N) is 1. The lowest BCUT2D eigenvalue weighted by atomic mass is 10.1. The van der Waals surface area contributed by atoms with Gasteiger partial charge in [-0.25, -0.2) is 9.78 Å². The fraction of sp³-hybridized carbons (Fsp3) is 0.304. The van der Waals surface area contributed by atoms with Gasteiger partial charge in [-0.3, -0.25) is 15.2 Å². The Labute approximate surface area is 198 Å². The molecule has 1 atom stereocenters. The topological polar surface area (TPSA) is 104 Å². The zero-order valence-corrected chi connectivity index (χ0v) is 18.4. The summed E-state index contributed by atoms with van der Waals surface area (Å²) in [6.45, 7) is 1.26. The maximum Gasteiger partial charge on any atom is 0.433 e. The largest absolute Gasteiger partial charge is 0.475 e. The smallest absolute Gasteiger partial charge is 0.433 e. The van der Waals surface area contributed by atoms with E-state index in [1.807, 2.05) is 0 Å². The molecule has 2 aliphatic heterocycles. The molecule has 2 bridgehead atoms. The number of hydrogen-bond donors (Lipinski definition) is 2. The van der Waals surface area contributed by atoms with Crippen LogP contribution in [0.25, 0.3) is 11.3 Å². The van der Waals surface area contributed by atoms with Gasteiger partial charge in [0.1, 0.15) is 18.1 Å². The second kappa shape index (κ2) is 9.02. The van der Waals surface area contributed by atoms with Crippen molar-refractivity contribution in [1.82, 2.24) is 15.0 Å². The Kier molecular flexibility index (Phi) is 5.89. The first kappa shape index (κ1) is 22.8. The number of aliphatic hydroxyl groups is 1. The number of carbonyl (C=O) groups is 1. The number of ether oxygens (including phenoxy) is 1. The van der Waals surface area contributed by atoms with Gasteiger partial charge in [0.25, 0.3) is 0 Å². The first-order chi connectivity index (χ1) is 16.8. The highest BCUT2D eigenvalue weighted by molar-refractivity contribution is 6.04. The minimum Gasteiger partial charge on any atom is -0.475 e. The fourth-order valence-corrected chi connectivity index (χ4v) is 4.26. The molecule has 0 spiro atoms. The van der Waals surface area contributed by atoms with Crippen LogP contribution in [0.15, 0.2) is 48.7 Å². The van der Waals surface area contributed by atoms with E-state index in [0.717, 1.165) is 30.9 Å². The van der Waals surface area contributed by atoms with Crippen LogP contribution in [0.1, 0.15) is 12.1 Å². The first-order valence-electron chi connectivity index (χ1n) is 10.9. The third kappa shape index (κ3) is 4.56. The molecule has 12 heteroatoms. The SMILES string of the molecule is O=C(Nc1cccc(OCCO)n1)N1c2nc(-c3ccnc(C(F)(F)F)c3)ccc2N2CC[C@H]1C2. The number of anilines is 3. The first-order valence-corrected chi connectivity index (χ1v) is 10.9. The zero-order chi connectivity index (χ0) is 24.6. The molecule has 35 heavy (non-hydrogen) atoms. The van der Waals surface area contributed by atoms with E-state index in [1.54, 1.807) is 30.3 Å². The van der Waals surface area contributed by atoms with Crippen molar-refractivity contribution in [3.05, 3.63) is 54.4 Å². The van der Waals surface area contributed by atoms with Crippen LogP contribution in [0.2, 0.25) is 0 Å². The maximum atomic E-state index is 13.4. The van der Waals surface area contributed by atoms with Crippen molar-refractivity contribution in [3.8, 4) is 17.1 Å². The van der Waals surface area contributed by atoms with Gasteiger partial charge in [-0.1, -0.05) is 6.07 Å². The lowest BCUT2D eigenvalue weighted by Gasteiger charge is -2.35. The summed E-state index contributed by atoms with van der Waals surface area (Å²) in [7, 11) is 0. The van der Waals surface area contributed by atoms with E-state index in [4.69, 9.17) is 9.84 Å². The second-order valence-electron chi connectivity index (χ2n) is 8.09. The van der Waals surface area contributed by atoms with Crippen LogP contribution < -0.4 is 19.9 Å². The minimum atomic E-state index is -4.58. The van der Waals surface area contributed by atoms with Crippen LogP contribution in [-0.2, 0) is 6.18 Å². The number of fused-ring (bicyclic) bond motifs is 4. The zero-order valence-electron chi connectivity index (χ0n) is 18.4. The molecule has 2 amide bonds. The van der Waals surface area contributed by atoms with Gasteiger partial charge in [0.05, 0.1) is 24.0 Å². The van der Waals surface area contributed by atoms with Gasteiger partial charge in [-0.15, -0.1) is 0 Å². The predicted molar refractivity (Wildman–Crippen MR) is 121 cm³/mol. The van der Waals surface area contributed by atoms with Crippen LogP contribution in [0, 0.1) is 0 Å². The lowest BCUT2D eigenvalue weighted by molar-refractivity contribution is -0.141. The number of hydrogen-bond acceptors (Lipinski definition) is 7. The predicted octanol–water partition coefficient (Wildman–Crippen LogP) is 3.56. The number of aliphatic hydroxyl groups excluding tert-OH is 1. The maximum absolute atomic E-state index is 13.4.